The highest BCUT2D eigenvalue weighted by Crippen LogP contribution is 2.32. The number of alkyl carbamates (subject to hydrolysis) is 1. The average molecular weight is 385 g/mol. The van der Waals surface area contributed by atoms with E-state index in [1.54, 1.807) is 18.7 Å². The fraction of sp³-hybridized carbons (Fsp3) is 0.900. The fourth-order valence-electron chi connectivity index (χ4n) is 4.08. The van der Waals surface area contributed by atoms with E-state index in [9.17, 15) is 14.7 Å². The summed E-state index contributed by atoms with van der Waals surface area (Å²) < 4.78 is 12.6. The molecule has 0 spiro atoms. The molecule has 0 aliphatic carbocycles. The van der Waals surface area contributed by atoms with Crippen LogP contribution in [0.1, 0.15) is 54.7 Å². The van der Waals surface area contributed by atoms with Crippen LogP contribution in [0.2, 0.25) is 0 Å². The van der Waals surface area contributed by atoms with Crippen LogP contribution in [-0.2, 0) is 9.53 Å². The van der Waals surface area contributed by atoms with E-state index >= 15 is 0 Å². The van der Waals surface area contributed by atoms with Crippen molar-refractivity contribution in [2.75, 3.05) is 33.2 Å². The van der Waals surface area contributed by atoms with Gasteiger partial charge in [0.1, 0.15) is 11.6 Å². The molecule has 2 rings (SSSR count). The lowest BCUT2D eigenvalue weighted by molar-refractivity contribution is -0.137. The summed E-state index contributed by atoms with van der Waals surface area (Å²) in [6.07, 6.45) is 2.60. The molecule has 27 heavy (non-hydrogen) atoms. The Labute approximate surface area is 164 Å². The summed E-state index contributed by atoms with van der Waals surface area (Å²) in [7, 11) is 2.16. The van der Waals surface area contributed by atoms with Gasteiger partial charge in [0.25, 0.3) is 0 Å². The van der Waals surface area contributed by atoms with Gasteiger partial charge in [-0.15, -0.1) is 0 Å². The second-order valence-corrected chi connectivity index (χ2v) is 8.82. The summed E-state index contributed by atoms with van der Waals surface area (Å²) in [5.41, 5.74) is -0.942. The van der Waals surface area contributed by atoms with Gasteiger partial charge in [0.05, 0.1) is 6.10 Å². The van der Waals surface area contributed by atoms with Gasteiger partial charge in [0.2, 0.25) is 5.91 Å². The van der Waals surface area contributed by atoms with Gasteiger partial charge in [0.15, 0.2) is 0 Å². The van der Waals surface area contributed by atoms with Crippen LogP contribution in [0.3, 0.4) is 0 Å². The van der Waals surface area contributed by atoms with E-state index in [0.29, 0.717) is 19.0 Å². The molecule has 2 atom stereocenters. The molecular formula is C20H37N3O4. The summed E-state index contributed by atoms with van der Waals surface area (Å²) in [6.45, 7) is 8.28. The van der Waals surface area contributed by atoms with Gasteiger partial charge in [-0.2, -0.15) is 0 Å². The molecule has 2 aliphatic heterocycles. The van der Waals surface area contributed by atoms with E-state index in [1.807, 2.05) is 0 Å². The molecule has 0 unspecified atom stereocenters. The molecule has 2 heterocycles. The molecule has 7 heteroatoms. The first-order chi connectivity index (χ1) is 13.1. The number of ether oxygens (including phenoxy) is 1. The number of nitrogens with zero attached hydrogens (tertiary/aromatic N) is 2. The van der Waals surface area contributed by atoms with Crippen LogP contribution in [0.15, 0.2) is 0 Å². The van der Waals surface area contributed by atoms with Gasteiger partial charge in [-0.3, -0.25) is 4.79 Å². The maximum Gasteiger partial charge on any atom is 0.408 e. The zero-order valence-corrected chi connectivity index (χ0v) is 17.2. The van der Waals surface area contributed by atoms with Crippen molar-refractivity contribution in [3.05, 3.63) is 0 Å². The first kappa shape index (κ1) is 20.4. The van der Waals surface area contributed by atoms with Crippen molar-refractivity contribution < 1.29 is 20.8 Å². The lowest BCUT2D eigenvalue weighted by atomic mass is 9.79. The van der Waals surface area contributed by atoms with Crippen molar-refractivity contribution in [2.24, 2.45) is 11.8 Å². The highest BCUT2D eigenvalue weighted by molar-refractivity contribution is 5.86. The first-order valence-corrected chi connectivity index (χ1v) is 10.1. The van der Waals surface area contributed by atoms with Crippen LogP contribution < -0.4 is 5.32 Å². The SMILES string of the molecule is [2H]CC(C)(C)OC(=O)N[C@H](C(=O)N1CCC(C2CCN(C)CC2)CC1)[C@H](C)O. The van der Waals surface area contributed by atoms with Crippen molar-refractivity contribution in [1.82, 2.24) is 15.1 Å². The number of hydrogen-bond acceptors (Lipinski definition) is 5. The zero-order valence-electron chi connectivity index (χ0n) is 18.2. The van der Waals surface area contributed by atoms with Crippen LogP contribution in [0.25, 0.3) is 0 Å². The normalized spacial score (nSPS) is 23.4. The second kappa shape index (κ2) is 9.24. The summed E-state index contributed by atoms with van der Waals surface area (Å²) in [5, 5.41) is 12.5. The molecule has 0 aromatic heterocycles. The molecule has 0 bridgehead atoms. The molecule has 0 aromatic carbocycles. The quantitative estimate of drug-likeness (QED) is 0.773. The average Bonchev–Trinajstić information content (AvgIpc) is 2.66. The minimum atomic E-state index is -1.03. The number of piperidine rings is 2. The molecule has 2 amide bonds. The number of nitrogens with one attached hydrogen (secondary N) is 1. The molecular weight excluding hydrogens is 346 g/mol. The Kier molecular flexibility index (Phi) is 6.98. The summed E-state index contributed by atoms with van der Waals surface area (Å²) in [5.74, 6) is 1.12. The Morgan fingerprint density at radius 1 is 1.15 bits per heavy atom. The molecule has 2 saturated heterocycles. The number of hydrogen-bond donors (Lipinski definition) is 2. The third-order valence-corrected chi connectivity index (χ3v) is 5.67. The maximum atomic E-state index is 12.9. The predicted molar refractivity (Wildman–Crippen MR) is 104 cm³/mol. The lowest BCUT2D eigenvalue weighted by Crippen LogP contribution is -2.56. The van der Waals surface area contributed by atoms with Crippen molar-refractivity contribution in [3.63, 3.8) is 0 Å². The second-order valence-electron chi connectivity index (χ2n) is 8.82. The van der Waals surface area contributed by atoms with Gasteiger partial charge in [-0.05, 0) is 85.3 Å². The number of aliphatic hydroxyl groups is 1. The topological polar surface area (TPSA) is 82.1 Å². The van der Waals surface area contributed by atoms with E-state index in [2.05, 4.69) is 17.3 Å². The van der Waals surface area contributed by atoms with Crippen LogP contribution in [-0.4, -0.2) is 77.9 Å². The van der Waals surface area contributed by atoms with Crippen LogP contribution in [0.5, 0.6) is 0 Å². The Morgan fingerprint density at radius 2 is 1.67 bits per heavy atom. The van der Waals surface area contributed by atoms with Crippen molar-refractivity contribution in [1.29, 1.82) is 0 Å². The number of likely N-dealkylation sites (tertiary alicyclic amines) is 2. The third-order valence-electron chi connectivity index (χ3n) is 5.67. The molecule has 0 radical (unpaired) electrons. The van der Waals surface area contributed by atoms with Gasteiger partial charge < -0.3 is 25.0 Å². The third kappa shape index (κ3) is 6.64. The number of amides is 2. The molecule has 2 N–H and O–H groups in total. The van der Waals surface area contributed by atoms with Gasteiger partial charge >= 0.3 is 6.09 Å². The lowest BCUT2D eigenvalue weighted by Gasteiger charge is -2.40. The highest BCUT2D eigenvalue weighted by Gasteiger charge is 2.35. The predicted octanol–water partition coefficient (Wildman–Crippen LogP) is 1.84. The van der Waals surface area contributed by atoms with Gasteiger partial charge in [-0.25, -0.2) is 4.79 Å². The van der Waals surface area contributed by atoms with E-state index in [4.69, 9.17) is 6.11 Å². The number of carbonyl (C=O) groups excluding carboxylic acids is 2. The van der Waals surface area contributed by atoms with Gasteiger partial charge in [-0.1, -0.05) is 0 Å². The fourth-order valence-corrected chi connectivity index (χ4v) is 4.08. The summed E-state index contributed by atoms with van der Waals surface area (Å²) >= 11 is 0. The number of aliphatic hydroxyl groups excluding tert-OH is 1. The molecule has 2 fully saturated rings. The van der Waals surface area contributed by atoms with E-state index in [0.717, 1.165) is 31.8 Å². The Morgan fingerprint density at radius 3 is 2.15 bits per heavy atom. The van der Waals surface area contributed by atoms with E-state index in [-0.39, 0.29) is 12.8 Å². The molecule has 0 saturated carbocycles. The minimum Gasteiger partial charge on any atom is -0.444 e. The summed E-state index contributed by atoms with van der Waals surface area (Å²) in [4.78, 5) is 29.1. The van der Waals surface area contributed by atoms with Gasteiger partial charge in [0, 0.05) is 14.5 Å². The molecule has 2 aliphatic rings. The van der Waals surface area contributed by atoms with Crippen LogP contribution >= 0.6 is 0 Å². The van der Waals surface area contributed by atoms with Crippen LogP contribution in [0, 0.1) is 11.8 Å². The Bertz CT molecular complexity index is 528. The maximum absolute atomic E-state index is 12.9. The first-order valence-electron chi connectivity index (χ1n) is 10.8. The monoisotopic (exact) mass is 384 g/mol. The zero-order chi connectivity index (χ0) is 20.9. The summed E-state index contributed by atoms with van der Waals surface area (Å²) in [6, 6.07) is -1.03. The van der Waals surface area contributed by atoms with E-state index in [1.165, 1.54) is 19.8 Å². The largest absolute Gasteiger partial charge is 0.444 e. The van der Waals surface area contributed by atoms with Crippen LogP contribution in [0.4, 0.5) is 4.79 Å². The smallest absolute Gasteiger partial charge is 0.408 e. The Hall–Kier alpha value is -1.34. The Balaban J connectivity index is 1.87. The van der Waals surface area contributed by atoms with E-state index < -0.39 is 23.8 Å². The number of rotatable bonds is 4. The minimum absolute atomic E-state index is 0.0851. The molecule has 7 nitrogen and oxygen atoms in total. The molecule has 0 aromatic rings. The standard InChI is InChI=1S/C20H37N3O4/c1-14(24)17(21-19(26)27-20(2,3)4)18(25)23-12-8-16(9-13-23)15-6-10-22(5)11-7-15/h14-17,24H,6-13H2,1-5H3,(H,21,26)/t14-,17-/m0/s1/i2D. The van der Waals surface area contributed by atoms with Crippen molar-refractivity contribution in [2.45, 2.75) is 71.1 Å². The van der Waals surface area contributed by atoms with Crippen molar-refractivity contribution >= 4 is 12.0 Å². The van der Waals surface area contributed by atoms with Crippen molar-refractivity contribution in [3.8, 4) is 0 Å². The number of carbonyl (C=O) groups is 2. The molecule has 156 valence electrons. The highest BCUT2D eigenvalue weighted by atomic mass is 16.6.